The van der Waals surface area contributed by atoms with Crippen LogP contribution in [0.25, 0.3) is 22.0 Å². The van der Waals surface area contributed by atoms with Gasteiger partial charge >= 0.3 is 6.09 Å². The van der Waals surface area contributed by atoms with E-state index >= 15 is 0 Å². The highest BCUT2D eigenvalue weighted by atomic mass is 16.6. The summed E-state index contributed by atoms with van der Waals surface area (Å²) in [6.07, 6.45) is 4.46. The normalized spacial score (nSPS) is 17.8. The second kappa shape index (κ2) is 13.9. The summed E-state index contributed by atoms with van der Waals surface area (Å²) >= 11 is 0. The molecule has 0 radical (unpaired) electrons. The fraction of sp³-hybridized carbons (Fsp3) is 0.368. The minimum Gasteiger partial charge on any atom is -0.444 e. The van der Waals surface area contributed by atoms with Crippen molar-refractivity contribution in [1.82, 2.24) is 19.8 Å². The van der Waals surface area contributed by atoms with Crippen LogP contribution in [0.1, 0.15) is 57.7 Å². The third-order valence-corrected chi connectivity index (χ3v) is 8.78. The molecule has 2 fully saturated rings. The summed E-state index contributed by atoms with van der Waals surface area (Å²) in [6.45, 7) is 6.53. The number of nitrogens with zero attached hydrogens (tertiary/aromatic N) is 4. The molecule has 4 aromatic rings. The van der Waals surface area contributed by atoms with Crippen LogP contribution in [0.3, 0.4) is 0 Å². The lowest BCUT2D eigenvalue weighted by Gasteiger charge is -2.28. The number of hydrogen-bond donors (Lipinski definition) is 1. The highest BCUT2D eigenvalue weighted by Crippen LogP contribution is 2.27. The van der Waals surface area contributed by atoms with E-state index in [9.17, 15) is 19.2 Å². The Morgan fingerprint density at radius 3 is 2.29 bits per heavy atom. The van der Waals surface area contributed by atoms with Crippen LogP contribution in [-0.4, -0.2) is 74.2 Å². The van der Waals surface area contributed by atoms with Crippen molar-refractivity contribution in [2.45, 2.75) is 77.0 Å². The lowest BCUT2D eigenvalue weighted by atomic mass is 10.0. The van der Waals surface area contributed by atoms with Crippen molar-refractivity contribution in [2.24, 2.45) is 0 Å². The number of carbonyl (C=O) groups is 4. The molecular formula is C38H41N5O5. The number of amides is 3. The average Bonchev–Trinajstić information content (AvgIpc) is 3.76. The van der Waals surface area contributed by atoms with Gasteiger partial charge in [0.05, 0.1) is 24.4 Å². The molecule has 0 spiro atoms. The molecule has 2 atom stereocenters. The molecule has 6 rings (SSSR count). The second-order valence-corrected chi connectivity index (χ2v) is 13.5. The number of benzene rings is 2. The SMILES string of the molecule is CC(C)(C)OC(=O)N1CCC[C@H]1C(=O)Cc1ccc2cc(-c3ccc(NC(=O)[C@@H]4CCCN4C(=O)Cc4ccccc4)nc3)ccc2n1. The maximum atomic E-state index is 13.2. The monoisotopic (exact) mass is 647 g/mol. The van der Waals surface area contributed by atoms with Crippen LogP contribution in [0.15, 0.2) is 79.0 Å². The Morgan fingerprint density at radius 2 is 1.56 bits per heavy atom. The summed E-state index contributed by atoms with van der Waals surface area (Å²) < 4.78 is 5.51. The number of fused-ring (bicyclic) bond motifs is 1. The molecule has 3 amide bonds. The fourth-order valence-corrected chi connectivity index (χ4v) is 6.44. The van der Waals surface area contributed by atoms with Gasteiger partial charge in [-0.1, -0.05) is 42.5 Å². The highest BCUT2D eigenvalue weighted by molar-refractivity contribution is 5.97. The Hall–Kier alpha value is -5.12. The number of anilines is 1. The highest BCUT2D eigenvalue weighted by Gasteiger charge is 2.37. The molecule has 0 saturated carbocycles. The first kappa shape index (κ1) is 32.8. The van der Waals surface area contributed by atoms with Crippen LogP contribution in [-0.2, 0) is 32.0 Å². The summed E-state index contributed by atoms with van der Waals surface area (Å²) in [4.78, 5) is 64.4. The van der Waals surface area contributed by atoms with E-state index in [1.807, 2.05) is 87.5 Å². The Bertz CT molecular complexity index is 1820. The third-order valence-electron chi connectivity index (χ3n) is 8.78. The molecule has 248 valence electrons. The summed E-state index contributed by atoms with van der Waals surface area (Å²) in [6, 6.07) is 21.9. The lowest BCUT2D eigenvalue weighted by molar-refractivity contribution is -0.136. The topological polar surface area (TPSA) is 122 Å². The van der Waals surface area contributed by atoms with Crippen LogP contribution >= 0.6 is 0 Å². The zero-order chi connectivity index (χ0) is 33.8. The molecule has 0 unspecified atom stereocenters. The molecule has 2 aromatic carbocycles. The van der Waals surface area contributed by atoms with Crippen LogP contribution in [0, 0.1) is 0 Å². The van der Waals surface area contributed by atoms with Gasteiger partial charge in [0, 0.05) is 35.9 Å². The Labute approximate surface area is 280 Å². The van der Waals surface area contributed by atoms with Gasteiger partial charge in [-0.25, -0.2) is 9.78 Å². The first-order valence-corrected chi connectivity index (χ1v) is 16.6. The van der Waals surface area contributed by atoms with Crippen LogP contribution < -0.4 is 5.32 Å². The van der Waals surface area contributed by atoms with Crippen LogP contribution in [0.4, 0.5) is 10.6 Å². The van der Waals surface area contributed by atoms with E-state index in [0.717, 1.165) is 40.4 Å². The summed E-state index contributed by atoms with van der Waals surface area (Å²) in [5, 5.41) is 3.81. The molecule has 48 heavy (non-hydrogen) atoms. The Morgan fingerprint density at radius 1 is 0.833 bits per heavy atom. The van der Waals surface area contributed by atoms with E-state index in [2.05, 4.69) is 10.3 Å². The Balaban J connectivity index is 1.07. The van der Waals surface area contributed by atoms with Crippen molar-refractivity contribution < 1.29 is 23.9 Å². The van der Waals surface area contributed by atoms with Gasteiger partial charge < -0.3 is 15.0 Å². The van der Waals surface area contributed by atoms with Crippen LogP contribution in [0.5, 0.6) is 0 Å². The minimum atomic E-state index is -0.622. The first-order valence-electron chi connectivity index (χ1n) is 16.6. The van der Waals surface area contributed by atoms with E-state index in [4.69, 9.17) is 9.72 Å². The van der Waals surface area contributed by atoms with Crippen molar-refractivity contribution in [3.8, 4) is 11.1 Å². The van der Waals surface area contributed by atoms with E-state index in [1.165, 1.54) is 0 Å². The third kappa shape index (κ3) is 7.70. The van der Waals surface area contributed by atoms with Gasteiger partial charge in [-0.3, -0.25) is 24.3 Å². The molecular weight excluding hydrogens is 606 g/mol. The van der Waals surface area contributed by atoms with Gasteiger partial charge in [-0.15, -0.1) is 0 Å². The number of pyridine rings is 2. The molecule has 2 saturated heterocycles. The summed E-state index contributed by atoms with van der Waals surface area (Å²) in [5.41, 5.74) is 3.53. The number of hydrogen-bond acceptors (Lipinski definition) is 7. The van der Waals surface area contributed by atoms with Gasteiger partial charge in [-0.05, 0) is 87.9 Å². The van der Waals surface area contributed by atoms with E-state index in [0.29, 0.717) is 37.4 Å². The molecule has 1 N–H and O–H groups in total. The fourth-order valence-electron chi connectivity index (χ4n) is 6.44. The van der Waals surface area contributed by atoms with Crippen molar-refractivity contribution >= 4 is 40.4 Å². The van der Waals surface area contributed by atoms with E-state index in [-0.39, 0.29) is 30.4 Å². The lowest BCUT2D eigenvalue weighted by Crippen LogP contribution is -2.43. The molecule has 4 heterocycles. The van der Waals surface area contributed by atoms with E-state index < -0.39 is 23.8 Å². The van der Waals surface area contributed by atoms with Crippen molar-refractivity contribution in [1.29, 1.82) is 0 Å². The van der Waals surface area contributed by atoms with Gasteiger partial charge in [0.1, 0.15) is 17.5 Å². The average molecular weight is 648 g/mol. The second-order valence-electron chi connectivity index (χ2n) is 13.5. The molecule has 2 aromatic heterocycles. The van der Waals surface area contributed by atoms with Crippen LogP contribution in [0.2, 0.25) is 0 Å². The summed E-state index contributed by atoms with van der Waals surface area (Å²) in [7, 11) is 0. The standard InChI is InChI=1S/C38H41N5O5/c1-38(2,3)48-37(47)43-20-7-11-31(43)33(44)23-29-16-13-27-22-26(14-17-30(27)40-29)28-15-18-34(39-24-28)41-36(46)32-12-8-19-42(32)35(45)21-25-9-5-4-6-10-25/h4-6,9-10,13-18,22,24,31-32H,7-8,11-12,19-21,23H2,1-3H3,(H,39,41,46)/t31-,32-/m0/s1. The predicted octanol–water partition coefficient (Wildman–Crippen LogP) is 5.98. The maximum absolute atomic E-state index is 13.2. The molecule has 2 aliphatic heterocycles. The van der Waals surface area contributed by atoms with E-state index in [1.54, 1.807) is 22.1 Å². The maximum Gasteiger partial charge on any atom is 0.410 e. The number of ether oxygens (including phenoxy) is 1. The quantitative estimate of drug-likeness (QED) is 0.250. The Kier molecular flexibility index (Phi) is 9.52. The number of aromatic nitrogens is 2. The van der Waals surface area contributed by atoms with Gasteiger partial charge in [0.2, 0.25) is 11.8 Å². The largest absolute Gasteiger partial charge is 0.444 e. The smallest absolute Gasteiger partial charge is 0.410 e. The van der Waals surface area contributed by atoms with Crippen molar-refractivity contribution in [3.05, 3.63) is 90.3 Å². The number of Topliss-reactive ketones (excluding diaryl/α,β-unsaturated/α-hetero) is 1. The molecule has 0 bridgehead atoms. The predicted molar refractivity (Wildman–Crippen MR) is 183 cm³/mol. The first-order chi connectivity index (χ1) is 23.0. The number of ketones is 1. The molecule has 0 aliphatic carbocycles. The van der Waals surface area contributed by atoms with Crippen molar-refractivity contribution in [3.63, 3.8) is 0 Å². The number of carbonyl (C=O) groups excluding carboxylic acids is 4. The molecule has 10 heteroatoms. The number of likely N-dealkylation sites (tertiary alicyclic amines) is 2. The van der Waals surface area contributed by atoms with Crippen molar-refractivity contribution in [2.75, 3.05) is 18.4 Å². The summed E-state index contributed by atoms with van der Waals surface area (Å²) in [5.74, 6) is 0.103. The number of nitrogens with one attached hydrogen (secondary N) is 1. The van der Waals surface area contributed by atoms with Gasteiger partial charge in [0.25, 0.3) is 0 Å². The van der Waals surface area contributed by atoms with Gasteiger partial charge in [0.15, 0.2) is 5.78 Å². The minimum absolute atomic E-state index is 0.0421. The number of rotatable bonds is 8. The van der Waals surface area contributed by atoms with Gasteiger partial charge in [-0.2, -0.15) is 0 Å². The zero-order valence-electron chi connectivity index (χ0n) is 27.6. The molecule has 2 aliphatic rings. The zero-order valence-corrected chi connectivity index (χ0v) is 27.6. The molecule has 10 nitrogen and oxygen atoms in total.